The van der Waals surface area contributed by atoms with Crippen molar-refractivity contribution in [3.8, 4) is 0 Å². The Kier molecular flexibility index (Phi) is 22.3. The maximum Gasteiger partial charge on any atom is 0.306 e. The Balaban J connectivity index is 1.77. The van der Waals surface area contributed by atoms with Gasteiger partial charge in [-0.15, -0.1) is 0 Å². The number of carbonyl (C=O) groups is 8. The quantitative estimate of drug-likeness (QED) is 0.0870. The van der Waals surface area contributed by atoms with Crippen LogP contribution >= 0.6 is 11.6 Å². The lowest BCUT2D eigenvalue weighted by atomic mass is 9.94. The molecule has 2 aromatic rings. The molecule has 68 heavy (non-hydrogen) atoms. The van der Waals surface area contributed by atoms with Crippen molar-refractivity contribution in [2.45, 2.75) is 160 Å². The van der Waals surface area contributed by atoms with Crippen LogP contribution in [0.25, 0.3) is 0 Å². The molecule has 0 unspecified atom stereocenters. The Bertz CT molecular complexity index is 2010. The van der Waals surface area contributed by atoms with Gasteiger partial charge < -0.3 is 62.8 Å². The van der Waals surface area contributed by atoms with Crippen molar-refractivity contribution in [2.24, 2.45) is 0 Å². The molecule has 2 aromatic carbocycles. The Hall–Kier alpha value is -5.51. The number of rotatable bonds is 24. The maximum absolute atomic E-state index is 14.0. The molecule has 0 radical (unpaired) electrons. The van der Waals surface area contributed by atoms with Crippen molar-refractivity contribution in [3.05, 3.63) is 71.8 Å². The van der Waals surface area contributed by atoms with E-state index >= 15 is 0 Å². The highest BCUT2D eigenvalue weighted by Crippen LogP contribution is 2.35. The van der Waals surface area contributed by atoms with Crippen LogP contribution in [-0.2, 0) is 98.9 Å². The monoisotopic (exact) mass is 976 g/mol. The van der Waals surface area contributed by atoms with Gasteiger partial charge in [-0.2, -0.15) is 0 Å². The van der Waals surface area contributed by atoms with Gasteiger partial charge in [0.25, 0.3) is 11.8 Å². The van der Waals surface area contributed by atoms with E-state index in [0.717, 1.165) is 19.4 Å². The van der Waals surface area contributed by atoms with Gasteiger partial charge in [-0.1, -0.05) is 72.3 Å². The zero-order valence-corrected chi connectivity index (χ0v) is 39.8. The fourth-order valence-electron chi connectivity index (χ4n) is 7.35. The first-order valence-corrected chi connectivity index (χ1v) is 22.6. The van der Waals surface area contributed by atoms with Gasteiger partial charge in [0.05, 0.1) is 57.1 Å². The van der Waals surface area contributed by atoms with Crippen molar-refractivity contribution in [1.82, 2.24) is 10.6 Å². The fourth-order valence-corrected chi connectivity index (χ4v) is 7.72. The van der Waals surface area contributed by atoms with Crippen molar-refractivity contribution in [2.75, 3.05) is 13.2 Å². The third-order valence-corrected chi connectivity index (χ3v) is 10.9. The molecule has 2 aliphatic heterocycles. The first-order valence-electron chi connectivity index (χ1n) is 22.1. The Morgan fingerprint density at radius 1 is 0.588 bits per heavy atom. The smallest absolute Gasteiger partial charge is 0.306 e. The van der Waals surface area contributed by atoms with E-state index in [4.69, 9.17) is 59.0 Å². The molecule has 0 saturated carbocycles. The molecule has 0 spiro atoms. The van der Waals surface area contributed by atoms with Crippen LogP contribution in [-0.4, -0.2) is 133 Å². The van der Waals surface area contributed by atoms with E-state index < -0.39 is 114 Å². The second-order valence-electron chi connectivity index (χ2n) is 16.2. The molecule has 2 heterocycles. The lowest BCUT2D eigenvalue weighted by Gasteiger charge is -2.49. The Morgan fingerprint density at radius 3 is 1.46 bits per heavy atom. The molecule has 2 fully saturated rings. The van der Waals surface area contributed by atoms with E-state index in [-0.39, 0.29) is 57.9 Å². The summed E-state index contributed by atoms with van der Waals surface area (Å²) < 4.78 is 59.0. The lowest BCUT2D eigenvalue weighted by Crippen LogP contribution is -2.68. The third-order valence-electron chi connectivity index (χ3n) is 10.6. The number of Topliss-reactive ketones (excluding diaryl/α,β-unsaturated/α-hetero) is 1. The molecule has 2 amide bonds. The van der Waals surface area contributed by atoms with Crippen molar-refractivity contribution in [1.29, 1.82) is 0 Å². The molecule has 2 N–H and O–H groups in total. The minimum Gasteiger partial charge on any atom is -0.466 e. The van der Waals surface area contributed by atoms with Crippen LogP contribution in [0.2, 0.25) is 0 Å². The van der Waals surface area contributed by atoms with Crippen LogP contribution in [0.1, 0.15) is 85.3 Å². The summed E-state index contributed by atoms with van der Waals surface area (Å²) in [5.74, 6) is -5.50. The summed E-state index contributed by atoms with van der Waals surface area (Å²) >= 11 is 6.97. The van der Waals surface area contributed by atoms with Crippen molar-refractivity contribution >= 4 is 59.0 Å². The number of ketones is 1. The van der Waals surface area contributed by atoms with Gasteiger partial charge in [-0.25, -0.2) is 0 Å². The van der Waals surface area contributed by atoms with E-state index in [1.165, 1.54) is 20.8 Å². The van der Waals surface area contributed by atoms with Gasteiger partial charge in [0.1, 0.15) is 24.1 Å². The predicted molar refractivity (Wildman–Crippen MR) is 237 cm³/mol. The number of alkyl halides is 1. The summed E-state index contributed by atoms with van der Waals surface area (Å²) in [6.07, 6.45) is -12.5. The van der Waals surface area contributed by atoms with Gasteiger partial charge in [0.15, 0.2) is 30.2 Å². The summed E-state index contributed by atoms with van der Waals surface area (Å²) in [5.41, 5.74) is 0.106. The van der Waals surface area contributed by atoms with Crippen LogP contribution in [0.4, 0.5) is 0 Å². The summed E-state index contributed by atoms with van der Waals surface area (Å²) in [7, 11) is 0. The summed E-state index contributed by atoms with van der Waals surface area (Å²) in [6.45, 7) is 8.53. The third kappa shape index (κ3) is 17.9. The highest BCUT2D eigenvalue weighted by atomic mass is 35.5. The number of hydrogen-bond acceptors (Lipinski definition) is 18. The molecule has 0 aromatic heterocycles. The molecule has 4 rings (SSSR count). The number of nitrogens with one attached hydrogen (secondary N) is 2. The molecule has 374 valence electrons. The van der Waals surface area contributed by atoms with Gasteiger partial charge in [0, 0.05) is 47.0 Å². The number of ether oxygens (including phenoxy) is 10. The number of amides is 2. The Labute approximate surface area is 399 Å². The molecule has 0 bridgehead atoms. The summed E-state index contributed by atoms with van der Waals surface area (Å²) in [5, 5.41) is 5.66. The number of benzene rings is 2. The van der Waals surface area contributed by atoms with E-state index in [0.29, 0.717) is 5.56 Å². The fraction of sp³-hybridized carbons (Fsp3) is 0.574. The van der Waals surface area contributed by atoms with Crippen molar-refractivity contribution in [3.63, 3.8) is 0 Å². The number of hydrogen-bond donors (Lipinski definition) is 2. The minimum absolute atomic E-state index is 0.0306. The number of carbonyl (C=O) groups excluding carboxylic acids is 8. The average Bonchev–Trinajstić information content (AvgIpc) is 3.27. The SMILES string of the molecule is CC(=O)CCC(=O)O[C@@H]1[C@@H](O[C@H]2[C@@H](OCc3ccccc3)[C@H](NC(=O)[C@@H](CCOC(C)=O)OC(C)=O)[C@@H](C)O[C@@H]2Cl)O[C@H](C)[C@@H](NC(=O)[C@@H](CCOC(C)=O)OC(C)=O)[C@@H]1OCc1ccccc1. The van der Waals surface area contributed by atoms with Crippen molar-refractivity contribution < 1.29 is 85.7 Å². The molecular weight excluding hydrogens is 916 g/mol. The van der Waals surface area contributed by atoms with E-state index in [1.807, 2.05) is 18.2 Å². The molecule has 0 aliphatic carbocycles. The molecule has 21 heteroatoms. The molecule has 2 aliphatic rings. The normalized spacial score (nSPS) is 25.4. The van der Waals surface area contributed by atoms with Crippen LogP contribution < -0.4 is 10.6 Å². The average molecular weight is 977 g/mol. The summed E-state index contributed by atoms with van der Waals surface area (Å²) in [6, 6.07) is 15.8. The van der Waals surface area contributed by atoms with E-state index in [2.05, 4.69) is 10.6 Å². The van der Waals surface area contributed by atoms with Gasteiger partial charge in [0.2, 0.25) is 0 Å². The van der Waals surface area contributed by atoms with Crippen LogP contribution in [0.3, 0.4) is 0 Å². The second kappa shape index (κ2) is 27.5. The maximum atomic E-state index is 14.0. The van der Waals surface area contributed by atoms with E-state index in [9.17, 15) is 38.4 Å². The zero-order chi connectivity index (χ0) is 49.9. The van der Waals surface area contributed by atoms with E-state index in [1.54, 1.807) is 56.3 Å². The van der Waals surface area contributed by atoms with Gasteiger partial charge >= 0.3 is 29.8 Å². The Morgan fingerprint density at radius 2 is 1.03 bits per heavy atom. The highest BCUT2D eigenvalue weighted by molar-refractivity contribution is 6.20. The predicted octanol–water partition coefficient (Wildman–Crippen LogP) is 3.29. The van der Waals surface area contributed by atoms with Crippen LogP contribution in [0.5, 0.6) is 0 Å². The first-order chi connectivity index (χ1) is 32.3. The second-order valence-corrected chi connectivity index (χ2v) is 16.6. The lowest BCUT2D eigenvalue weighted by molar-refractivity contribution is -0.320. The van der Waals surface area contributed by atoms with Gasteiger partial charge in [-0.05, 0) is 31.9 Å². The largest absolute Gasteiger partial charge is 0.466 e. The number of halogens is 1. The molecular formula is C47H61ClN2O18. The minimum atomic E-state index is -1.58. The topological polar surface area (TPSA) is 253 Å². The number of esters is 5. The van der Waals surface area contributed by atoms with Crippen LogP contribution in [0, 0.1) is 0 Å². The molecule has 12 atom stereocenters. The zero-order valence-electron chi connectivity index (χ0n) is 39.1. The standard InChI is InChI=1S/C47H61ClN2O18/c1-26(51)18-19-37(56)67-43-41(62-25-34-16-12-9-13-17-34)39(50-46(58)36(66-32(7)55)21-23-60-30(5)53)28(3)64-47(43)68-42-40(61-24-33-14-10-8-11-15-33)38(27(2)63-44(42)48)49-45(57)35(65-31(6)54)20-22-59-29(4)52/h8-17,27-28,35-36,38-44,47H,18-25H2,1-7H3,(H,49,57)(H,50,58)/t27-,28-,35-,36-,38-,39-,40+,41+,42+,43+,44+,47-/m1/s1. The molecule has 2 saturated heterocycles. The highest BCUT2D eigenvalue weighted by Gasteiger charge is 2.54. The van der Waals surface area contributed by atoms with Crippen LogP contribution in [0.15, 0.2) is 60.7 Å². The summed E-state index contributed by atoms with van der Waals surface area (Å²) in [4.78, 5) is 101. The molecule has 20 nitrogen and oxygen atoms in total. The first kappa shape index (κ1) is 55.1. The van der Waals surface area contributed by atoms with Gasteiger partial charge in [-0.3, -0.25) is 33.6 Å².